The molecule has 0 amide bonds. The van der Waals surface area contributed by atoms with E-state index >= 15 is 0 Å². The predicted octanol–water partition coefficient (Wildman–Crippen LogP) is 3.12. The highest BCUT2D eigenvalue weighted by molar-refractivity contribution is 5.79. The molecule has 2 aromatic rings. The molecule has 0 radical (unpaired) electrons. The second-order valence-electron chi connectivity index (χ2n) is 8.41. The highest BCUT2D eigenvalue weighted by Gasteiger charge is 2.12. The van der Waals surface area contributed by atoms with Gasteiger partial charge < -0.3 is 24.4 Å². The molecular formula is C24H39N7O. The van der Waals surface area contributed by atoms with E-state index in [4.69, 9.17) is 9.73 Å². The summed E-state index contributed by atoms with van der Waals surface area (Å²) in [6, 6.07) is 8.98. The molecule has 0 atom stereocenters. The zero-order chi connectivity index (χ0) is 22.8. The van der Waals surface area contributed by atoms with Gasteiger partial charge in [0.15, 0.2) is 11.8 Å². The van der Waals surface area contributed by atoms with Crippen LogP contribution in [-0.4, -0.2) is 65.5 Å². The minimum Gasteiger partial charge on any atom is -0.382 e. The van der Waals surface area contributed by atoms with Crippen LogP contribution in [0.4, 0.5) is 5.69 Å². The summed E-state index contributed by atoms with van der Waals surface area (Å²) < 4.78 is 7.44. The zero-order valence-corrected chi connectivity index (χ0v) is 20.2. The summed E-state index contributed by atoms with van der Waals surface area (Å²) in [5.41, 5.74) is 2.60. The van der Waals surface area contributed by atoms with Gasteiger partial charge in [0.05, 0.1) is 0 Å². The van der Waals surface area contributed by atoms with Crippen LogP contribution in [0.3, 0.4) is 0 Å². The van der Waals surface area contributed by atoms with Gasteiger partial charge in [-0.05, 0) is 57.2 Å². The van der Waals surface area contributed by atoms with Gasteiger partial charge in [-0.25, -0.2) is 4.99 Å². The van der Waals surface area contributed by atoms with Gasteiger partial charge in [0.2, 0.25) is 0 Å². The average Bonchev–Trinajstić information content (AvgIpc) is 3.14. The van der Waals surface area contributed by atoms with Crippen LogP contribution in [0.1, 0.15) is 49.8 Å². The molecule has 1 aliphatic heterocycles. The molecule has 1 aromatic carbocycles. The summed E-state index contributed by atoms with van der Waals surface area (Å²) in [6.45, 7) is 9.90. The van der Waals surface area contributed by atoms with Crippen LogP contribution >= 0.6 is 0 Å². The van der Waals surface area contributed by atoms with Crippen LogP contribution in [0.25, 0.3) is 0 Å². The third kappa shape index (κ3) is 6.95. The van der Waals surface area contributed by atoms with Gasteiger partial charge in [-0.15, -0.1) is 10.2 Å². The molecule has 8 heteroatoms. The first kappa shape index (κ1) is 24.0. The molecule has 1 aliphatic rings. The smallest absolute Gasteiger partial charge is 0.194 e. The molecular weight excluding hydrogens is 402 g/mol. The number of aliphatic imine (C=N–C) groups is 1. The fraction of sp³-hybridized carbons (Fsp3) is 0.625. The largest absolute Gasteiger partial charge is 0.382 e. The summed E-state index contributed by atoms with van der Waals surface area (Å²) in [6.07, 6.45) is 4.88. The lowest BCUT2D eigenvalue weighted by atomic mass is 10.1. The van der Waals surface area contributed by atoms with Crippen molar-refractivity contribution in [2.45, 2.75) is 52.6 Å². The molecule has 1 aromatic heterocycles. The van der Waals surface area contributed by atoms with Crippen molar-refractivity contribution in [2.75, 3.05) is 44.8 Å². The first-order valence-electron chi connectivity index (χ1n) is 11.8. The Hall–Kier alpha value is -2.61. The maximum atomic E-state index is 5.46. The third-order valence-electron chi connectivity index (χ3n) is 5.94. The van der Waals surface area contributed by atoms with Gasteiger partial charge in [0, 0.05) is 59.2 Å². The second kappa shape index (κ2) is 12.4. The first-order chi connectivity index (χ1) is 15.6. The van der Waals surface area contributed by atoms with E-state index in [2.05, 4.69) is 56.6 Å². The van der Waals surface area contributed by atoms with Gasteiger partial charge in [-0.2, -0.15) is 0 Å². The lowest BCUT2D eigenvalue weighted by molar-refractivity contribution is 0.145. The van der Waals surface area contributed by atoms with Crippen molar-refractivity contribution in [1.29, 1.82) is 0 Å². The minimum absolute atomic E-state index is 0.489. The van der Waals surface area contributed by atoms with Crippen LogP contribution in [0.5, 0.6) is 0 Å². The molecule has 32 heavy (non-hydrogen) atoms. The Morgan fingerprint density at radius 2 is 1.91 bits per heavy atom. The maximum Gasteiger partial charge on any atom is 0.194 e. The highest BCUT2D eigenvalue weighted by atomic mass is 16.5. The summed E-state index contributed by atoms with van der Waals surface area (Å²) in [4.78, 5) is 9.49. The van der Waals surface area contributed by atoms with E-state index in [1.54, 1.807) is 0 Å². The SMILES string of the molecule is CCOCCCNC(=NCc1nnc(C)n1C)N(C)Cc1ccc(N2CCCCC2)cc1. The highest BCUT2D eigenvalue weighted by Crippen LogP contribution is 2.20. The molecule has 1 fully saturated rings. The number of anilines is 1. The van der Waals surface area contributed by atoms with Crippen molar-refractivity contribution < 1.29 is 4.74 Å². The van der Waals surface area contributed by atoms with Crippen molar-refractivity contribution in [2.24, 2.45) is 12.0 Å². The van der Waals surface area contributed by atoms with E-state index < -0.39 is 0 Å². The molecule has 2 heterocycles. The van der Waals surface area contributed by atoms with E-state index in [1.807, 2.05) is 25.5 Å². The van der Waals surface area contributed by atoms with Crippen molar-refractivity contribution in [3.05, 3.63) is 41.5 Å². The molecule has 8 nitrogen and oxygen atoms in total. The molecule has 1 saturated heterocycles. The standard InChI is InChI=1S/C24H39N7O/c1-5-32-17-9-14-25-24(26-18-23-28-27-20(2)30(23)4)29(3)19-21-10-12-22(13-11-21)31-15-7-6-8-16-31/h10-13H,5-9,14-19H2,1-4H3,(H,25,26). The number of ether oxygens (including phenoxy) is 1. The van der Waals surface area contributed by atoms with Crippen LogP contribution in [0.2, 0.25) is 0 Å². The summed E-state index contributed by atoms with van der Waals surface area (Å²) >= 11 is 0. The van der Waals surface area contributed by atoms with Crippen LogP contribution in [0.15, 0.2) is 29.3 Å². The number of piperidine rings is 1. The number of hydrogen-bond donors (Lipinski definition) is 1. The van der Waals surface area contributed by atoms with E-state index in [9.17, 15) is 0 Å². The van der Waals surface area contributed by atoms with E-state index in [0.717, 1.165) is 50.3 Å². The fourth-order valence-electron chi connectivity index (χ4n) is 3.88. The van der Waals surface area contributed by atoms with Gasteiger partial charge >= 0.3 is 0 Å². The van der Waals surface area contributed by atoms with Crippen molar-refractivity contribution in [3.63, 3.8) is 0 Å². The van der Waals surface area contributed by atoms with Crippen molar-refractivity contribution in [3.8, 4) is 0 Å². The lowest BCUT2D eigenvalue weighted by Gasteiger charge is -2.29. The molecule has 1 N–H and O–H groups in total. The summed E-state index contributed by atoms with van der Waals surface area (Å²) in [5, 5.41) is 11.9. The van der Waals surface area contributed by atoms with Crippen LogP contribution < -0.4 is 10.2 Å². The van der Waals surface area contributed by atoms with E-state index in [-0.39, 0.29) is 0 Å². The number of aryl methyl sites for hydroxylation is 1. The monoisotopic (exact) mass is 441 g/mol. The van der Waals surface area contributed by atoms with Gasteiger partial charge in [-0.1, -0.05) is 12.1 Å². The average molecular weight is 442 g/mol. The Kier molecular flexibility index (Phi) is 9.34. The quantitative estimate of drug-likeness (QED) is 0.347. The minimum atomic E-state index is 0.489. The van der Waals surface area contributed by atoms with Crippen molar-refractivity contribution in [1.82, 2.24) is 25.0 Å². The Bertz CT molecular complexity index is 841. The van der Waals surface area contributed by atoms with Gasteiger partial charge in [-0.3, -0.25) is 0 Å². The molecule has 0 bridgehead atoms. The third-order valence-corrected chi connectivity index (χ3v) is 5.94. The number of aromatic nitrogens is 3. The number of guanidine groups is 1. The summed E-state index contributed by atoms with van der Waals surface area (Å²) in [7, 11) is 4.05. The molecule has 0 spiro atoms. The lowest BCUT2D eigenvalue weighted by Crippen LogP contribution is -2.39. The Morgan fingerprint density at radius 3 is 2.56 bits per heavy atom. The second-order valence-corrected chi connectivity index (χ2v) is 8.41. The Morgan fingerprint density at radius 1 is 1.16 bits per heavy atom. The zero-order valence-electron chi connectivity index (χ0n) is 20.2. The summed E-state index contributed by atoms with van der Waals surface area (Å²) in [5.74, 6) is 2.61. The number of rotatable bonds is 10. The Labute approximate surface area is 192 Å². The van der Waals surface area contributed by atoms with Crippen LogP contribution in [-0.2, 0) is 24.9 Å². The van der Waals surface area contributed by atoms with Crippen LogP contribution in [0, 0.1) is 6.92 Å². The fourth-order valence-corrected chi connectivity index (χ4v) is 3.88. The van der Waals surface area contributed by atoms with Gasteiger partial charge in [0.25, 0.3) is 0 Å². The molecule has 176 valence electrons. The van der Waals surface area contributed by atoms with E-state index in [0.29, 0.717) is 6.54 Å². The predicted molar refractivity (Wildman–Crippen MR) is 130 cm³/mol. The molecule has 3 rings (SSSR count). The number of nitrogens with one attached hydrogen (secondary N) is 1. The maximum absolute atomic E-state index is 5.46. The normalized spacial score (nSPS) is 14.6. The first-order valence-corrected chi connectivity index (χ1v) is 11.8. The van der Waals surface area contributed by atoms with Gasteiger partial charge in [0.1, 0.15) is 12.4 Å². The topological polar surface area (TPSA) is 70.8 Å². The number of benzene rings is 1. The molecule has 0 aliphatic carbocycles. The Balaban J connectivity index is 1.62. The van der Waals surface area contributed by atoms with E-state index in [1.165, 1.54) is 43.6 Å². The number of hydrogen-bond acceptors (Lipinski definition) is 5. The molecule has 0 unspecified atom stereocenters. The number of nitrogens with zero attached hydrogens (tertiary/aromatic N) is 6. The molecule has 0 saturated carbocycles. The van der Waals surface area contributed by atoms with Crippen molar-refractivity contribution >= 4 is 11.6 Å².